The molecule has 14 heavy (non-hydrogen) atoms. The van der Waals surface area contributed by atoms with Crippen molar-refractivity contribution in [1.82, 2.24) is 5.06 Å². The average Bonchev–Trinajstić information content (AvgIpc) is 1.99. The Morgan fingerprint density at radius 2 is 1.64 bits per heavy atom. The zero-order valence-corrected chi connectivity index (χ0v) is 11.7. The number of nitrogens with zero attached hydrogens (tertiary/aromatic N) is 1. The van der Waals surface area contributed by atoms with E-state index in [-0.39, 0.29) is 0 Å². The normalized spacial score (nSPS) is 16.6. The third-order valence-electron chi connectivity index (χ3n) is 1.62. The second-order valence-corrected chi connectivity index (χ2v) is 7.77. The van der Waals surface area contributed by atoms with Crippen LogP contribution in [0, 0.1) is 0 Å². The van der Waals surface area contributed by atoms with Gasteiger partial charge in [-0.2, -0.15) is 5.06 Å². The van der Waals surface area contributed by atoms with E-state index in [1.54, 1.807) is 0 Å². The molecule has 1 unspecified atom stereocenters. The van der Waals surface area contributed by atoms with Crippen LogP contribution in [0.1, 0.15) is 34.6 Å². The first-order chi connectivity index (χ1) is 6.30. The van der Waals surface area contributed by atoms with E-state index in [9.17, 15) is 0 Å². The van der Waals surface area contributed by atoms with Crippen LogP contribution in [0.4, 0.5) is 0 Å². The van der Waals surface area contributed by atoms with E-state index in [2.05, 4.69) is 27.7 Å². The molecular formula is C9H22NO2PS. The van der Waals surface area contributed by atoms with Crippen LogP contribution >= 0.6 is 6.49 Å². The maximum Gasteiger partial charge on any atom is 0.204 e. The zero-order chi connectivity index (χ0) is 11.4. The summed E-state index contributed by atoms with van der Waals surface area (Å²) >= 11 is 5.28. The third-order valence-corrected chi connectivity index (χ3v) is 3.35. The molecule has 86 valence electrons. The van der Waals surface area contributed by atoms with Crippen LogP contribution in [0.2, 0.25) is 0 Å². The van der Waals surface area contributed by atoms with Gasteiger partial charge in [0.2, 0.25) is 6.49 Å². The van der Waals surface area contributed by atoms with Crippen molar-refractivity contribution in [3.05, 3.63) is 0 Å². The number of rotatable bonds is 6. The van der Waals surface area contributed by atoms with Crippen LogP contribution in [-0.4, -0.2) is 30.4 Å². The topological polar surface area (TPSA) is 21.7 Å². The van der Waals surface area contributed by atoms with Gasteiger partial charge in [-0.05, 0) is 46.4 Å². The minimum absolute atomic E-state index is 0.317. The molecule has 0 radical (unpaired) electrons. The Morgan fingerprint density at radius 1 is 1.21 bits per heavy atom. The van der Waals surface area contributed by atoms with Crippen LogP contribution in [-0.2, 0) is 21.0 Å². The van der Waals surface area contributed by atoms with Gasteiger partial charge in [-0.1, -0.05) is 0 Å². The Kier molecular flexibility index (Phi) is 6.42. The number of hydroxylamine groups is 2. The summed E-state index contributed by atoms with van der Waals surface area (Å²) in [7, 11) is 0. The Morgan fingerprint density at radius 3 is 1.93 bits per heavy atom. The smallest absolute Gasteiger partial charge is 0.204 e. The summed E-state index contributed by atoms with van der Waals surface area (Å²) in [5.41, 5.74) is 0. The molecule has 0 aliphatic heterocycles. The predicted molar refractivity (Wildman–Crippen MR) is 65.0 cm³/mol. The van der Waals surface area contributed by atoms with E-state index < -0.39 is 6.49 Å². The number of hydrogen-bond acceptors (Lipinski definition) is 4. The van der Waals surface area contributed by atoms with Crippen molar-refractivity contribution in [3.63, 3.8) is 0 Å². The molecule has 0 rings (SSSR count). The standard InChI is InChI=1S/C9H22NO2PS/c1-7-11-13(6,14)12-10(8(2)3)9(4)5/h8-9H,7H2,1-6H3. The van der Waals surface area contributed by atoms with E-state index in [4.69, 9.17) is 21.0 Å². The summed E-state index contributed by atoms with van der Waals surface area (Å²) in [5, 5.41) is 1.91. The van der Waals surface area contributed by atoms with Crippen LogP contribution < -0.4 is 0 Å². The van der Waals surface area contributed by atoms with Crippen molar-refractivity contribution < 1.29 is 9.15 Å². The highest BCUT2D eigenvalue weighted by molar-refractivity contribution is 8.09. The summed E-state index contributed by atoms with van der Waals surface area (Å²) in [5.74, 6) is 0. The molecule has 1 atom stereocenters. The van der Waals surface area contributed by atoms with Gasteiger partial charge in [0.1, 0.15) is 0 Å². The van der Waals surface area contributed by atoms with Gasteiger partial charge in [0.25, 0.3) is 0 Å². The Hall–Kier alpha value is 0.530. The maximum absolute atomic E-state index is 5.74. The van der Waals surface area contributed by atoms with E-state index in [0.29, 0.717) is 18.7 Å². The van der Waals surface area contributed by atoms with Crippen molar-refractivity contribution in [3.8, 4) is 0 Å². The largest absolute Gasteiger partial charge is 0.329 e. The number of hydrogen-bond donors (Lipinski definition) is 0. The average molecular weight is 239 g/mol. The highest BCUT2D eigenvalue weighted by Gasteiger charge is 2.21. The minimum atomic E-state index is -2.10. The lowest BCUT2D eigenvalue weighted by Gasteiger charge is -2.32. The second-order valence-electron chi connectivity index (χ2n) is 3.82. The lowest BCUT2D eigenvalue weighted by Crippen LogP contribution is -2.36. The van der Waals surface area contributed by atoms with Crippen LogP contribution in [0.25, 0.3) is 0 Å². The molecule has 0 N–H and O–H groups in total. The van der Waals surface area contributed by atoms with Crippen LogP contribution in [0.5, 0.6) is 0 Å². The van der Waals surface area contributed by atoms with Crippen LogP contribution in [0.3, 0.4) is 0 Å². The molecule has 0 aliphatic carbocycles. The molecular weight excluding hydrogens is 217 g/mol. The molecule has 0 aliphatic rings. The predicted octanol–water partition coefficient (Wildman–Crippen LogP) is 3.01. The molecule has 0 aromatic rings. The summed E-state index contributed by atoms with van der Waals surface area (Å²) in [6, 6.07) is 0.635. The van der Waals surface area contributed by atoms with E-state index in [0.717, 1.165) is 0 Å². The molecule has 0 bridgehead atoms. The monoisotopic (exact) mass is 239 g/mol. The van der Waals surface area contributed by atoms with Crippen molar-refractivity contribution >= 4 is 18.3 Å². The van der Waals surface area contributed by atoms with E-state index in [1.165, 1.54) is 0 Å². The highest BCUT2D eigenvalue weighted by Crippen LogP contribution is 2.45. The zero-order valence-electron chi connectivity index (χ0n) is 9.98. The maximum atomic E-state index is 5.74. The summed E-state index contributed by atoms with van der Waals surface area (Å²) < 4.78 is 11.2. The van der Waals surface area contributed by atoms with Gasteiger partial charge in [0.05, 0.1) is 6.61 Å². The first-order valence-electron chi connectivity index (χ1n) is 5.00. The van der Waals surface area contributed by atoms with Crippen molar-refractivity contribution in [2.45, 2.75) is 46.7 Å². The molecule has 3 nitrogen and oxygen atoms in total. The SMILES string of the molecule is CCOP(C)(=S)ON(C(C)C)C(C)C. The minimum Gasteiger partial charge on any atom is -0.329 e. The molecule has 0 aromatic carbocycles. The quantitative estimate of drug-likeness (QED) is 0.524. The molecule has 0 spiro atoms. The van der Waals surface area contributed by atoms with Gasteiger partial charge in [0, 0.05) is 18.7 Å². The molecule has 5 heteroatoms. The van der Waals surface area contributed by atoms with Gasteiger partial charge < -0.3 is 4.52 Å². The van der Waals surface area contributed by atoms with E-state index >= 15 is 0 Å². The Bertz CT molecular complexity index is 201. The first-order valence-corrected chi connectivity index (χ1v) is 8.08. The molecule has 0 saturated heterocycles. The van der Waals surface area contributed by atoms with Gasteiger partial charge >= 0.3 is 0 Å². The molecule has 0 fully saturated rings. The van der Waals surface area contributed by atoms with Gasteiger partial charge in [-0.25, -0.2) is 4.62 Å². The van der Waals surface area contributed by atoms with Crippen molar-refractivity contribution in [2.24, 2.45) is 0 Å². The first kappa shape index (κ1) is 14.5. The fourth-order valence-corrected chi connectivity index (χ4v) is 3.00. The highest BCUT2D eigenvalue weighted by atomic mass is 32.5. The molecule has 0 heterocycles. The summed E-state index contributed by atoms with van der Waals surface area (Å²) in [4.78, 5) is 0. The van der Waals surface area contributed by atoms with E-state index in [1.807, 2.05) is 18.7 Å². The van der Waals surface area contributed by atoms with Crippen LogP contribution in [0.15, 0.2) is 0 Å². The summed E-state index contributed by atoms with van der Waals surface area (Å²) in [6.45, 7) is 10.6. The lowest BCUT2D eigenvalue weighted by molar-refractivity contribution is -0.111. The van der Waals surface area contributed by atoms with Gasteiger partial charge in [0.15, 0.2) is 0 Å². The van der Waals surface area contributed by atoms with Crippen molar-refractivity contribution in [2.75, 3.05) is 13.3 Å². The second kappa shape index (κ2) is 6.19. The Labute approximate surface area is 92.9 Å². The molecule has 0 saturated carbocycles. The summed E-state index contributed by atoms with van der Waals surface area (Å²) in [6.07, 6.45) is 0. The fraction of sp³-hybridized carbons (Fsp3) is 1.00. The fourth-order valence-electron chi connectivity index (χ4n) is 1.21. The molecule has 0 aromatic heterocycles. The van der Waals surface area contributed by atoms with Gasteiger partial charge in [-0.3, -0.25) is 0 Å². The Balaban J connectivity index is 4.36. The lowest BCUT2D eigenvalue weighted by atomic mass is 10.3. The molecule has 0 amide bonds. The van der Waals surface area contributed by atoms with Gasteiger partial charge in [-0.15, -0.1) is 0 Å². The third kappa shape index (κ3) is 5.42. The van der Waals surface area contributed by atoms with Crippen molar-refractivity contribution in [1.29, 1.82) is 0 Å².